The molecule has 0 N–H and O–H groups in total. The molecule has 0 radical (unpaired) electrons. The van der Waals surface area contributed by atoms with Crippen molar-refractivity contribution in [3.05, 3.63) is 24.3 Å². The largest absolute Gasteiger partial charge is 0.360 e. The number of ether oxygens (including phenoxy) is 1. The van der Waals surface area contributed by atoms with Crippen molar-refractivity contribution < 1.29 is 11.6 Å². The minimum absolute atomic E-state index is 0.656. The number of hydrogen-bond donors (Lipinski definition) is 0. The van der Waals surface area contributed by atoms with Crippen molar-refractivity contribution in [2.75, 3.05) is 6.56 Å². The van der Waals surface area contributed by atoms with Crippen LogP contribution in [0.25, 0.3) is 11.0 Å². The summed E-state index contributed by atoms with van der Waals surface area (Å²) in [7, 11) is -2.15. The first kappa shape index (κ1) is 7.28. The Hall–Kier alpha value is -1.20. The molecule has 0 aliphatic carbocycles. The molecule has 1 atom stereocenters. The topological polar surface area (TPSA) is 39.9 Å². The minimum atomic E-state index is -2.87. The van der Waals surface area contributed by atoms with Gasteiger partial charge in [0.15, 0.2) is 0 Å². The Morgan fingerprint density at radius 3 is 2.94 bits per heavy atom. The average molecular weight is 254 g/mol. The van der Waals surface area contributed by atoms with E-state index in [0.717, 1.165) is 0 Å². The van der Waals surface area contributed by atoms with Crippen LogP contribution in [-0.2, 0) is 4.74 Å². The molecule has 0 amide bonds. The van der Waals surface area contributed by atoms with Crippen molar-refractivity contribution >= 4 is 19.1 Å². The molecule has 1 aromatic carbocycles. The van der Waals surface area contributed by atoms with Crippen molar-refractivity contribution in [2.24, 2.45) is 0 Å². The third-order valence-corrected chi connectivity index (χ3v) is 4.36. The van der Waals surface area contributed by atoms with Crippen molar-refractivity contribution in [3.63, 3.8) is 0 Å². The molecule has 4 nitrogen and oxygen atoms in total. The molecule has 1 heterocycles. The molecule has 0 bridgehead atoms. The summed E-state index contributed by atoms with van der Waals surface area (Å²) in [6, 6.07) is 7.24. The first-order valence-electron chi connectivity index (χ1n) is 7.91. The first-order chi connectivity index (χ1) is 9.93. The molecule has 0 aliphatic rings. The summed E-state index contributed by atoms with van der Waals surface area (Å²) in [6.07, 6.45) is 0. The molecule has 0 spiro atoms. The van der Waals surface area contributed by atoms with Crippen LogP contribution in [0.5, 0.6) is 0 Å². The fourth-order valence-electron chi connectivity index (χ4n) is 1.71. The standard InChI is InChI=1S/C12H19N3OSi/c1-5-16-12(17(2,3)4)15-11-9-7-6-8-10(11)13-14-15/h6-9,12H,5H2,1-4H3/i1D3,5D2. The van der Waals surface area contributed by atoms with Crippen LogP contribution in [0.3, 0.4) is 0 Å². The summed E-state index contributed by atoms with van der Waals surface area (Å²) < 4.78 is 44.4. The van der Waals surface area contributed by atoms with E-state index in [4.69, 9.17) is 11.6 Å². The Balaban J connectivity index is 2.49. The van der Waals surface area contributed by atoms with Crippen LogP contribution in [0.1, 0.15) is 19.6 Å². The Labute approximate surface area is 110 Å². The van der Waals surface area contributed by atoms with Crippen LogP contribution in [0, 0.1) is 0 Å². The lowest BCUT2D eigenvalue weighted by molar-refractivity contribution is 0.0567. The van der Waals surface area contributed by atoms with E-state index in [1.54, 1.807) is 12.1 Å². The average Bonchev–Trinajstić information content (AvgIpc) is 2.77. The molecule has 1 aromatic heterocycles. The second-order valence-corrected chi connectivity index (χ2v) is 10.2. The molecule has 5 heteroatoms. The second-order valence-electron chi connectivity index (χ2n) is 4.96. The highest BCUT2D eigenvalue weighted by molar-refractivity contribution is 6.76. The molecular formula is C12H19N3OSi. The van der Waals surface area contributed by atoms with E-state index >= 15 is 0 Å². The minimum Gasteiger partial charge on any atom is -0.360 e. The zero-order chi connectivity index (χ0) is 16.8. The molecule has 92 valence electrons. The molecule has 1 unspecified atom stereocenters. The number of aromatic nitrogens is 3. The Bertz CT molecular complexity index is 665. The van der Waals surface area contributed by atoms with Crippen molar-refractivity contribution in [1.82, 2.24) is 15.0 Å². The van der Waals surface area contributed by atoms with Crippen LogP contribution < -0.4 is 0 Å². The van der Waals surface area contributed by atoms with Crippen molar-refractivity contribution in [2.45, 2.75) is 32.3 Å². The molecule has 2 aromatic rings. The predicted molar refractivity (Wildman–Crippen MR) is 71.5 cm³/mol. The lowest BCUT2D eigenvalue weighted by Crippen LogP contribution is -2.37. The molecule has 0 fully saturated rings. The SMILES string of the molecule is [2H]C([2H])([2H])C([2H])([2H])OC(n1nnc2ccccc21)[Si](C)(C)C. The summed E-state index contributed by atoms with van der Waals surface area (Å²) in [5, 5.41) is 8.09. The zero-order valence-electron chi connectivity index (χ0n) is 15.1. The highest BCUT2D eigenvalue weighted by atomic mass is 28.3. The van der Waals surface area contributed by atoms with E-state index in [1.807, 2.05) is 31.8 Å². The third kappa shape index (κ3) is 2.40. The van der Waals surface area contributed by atoms with E-state index in [-0.39, 0.29) is 0 Å². The molecule has 0 saturated heterocycles. The van der Waals surface area contributed by atoms with Crippen LogP contribution >= 0.6 is 0 Å². The highest BCUT2D eigenvalue weighted by Gasteiger charge is 2.31. The number of fused-ring (bicyclic) bond motifs is 1. The van der Waals surface area contributed by atoms with Crippen LogP contribution in [-0.4, -0.2) is 29.6 Å². The highest BCUT2D eigenvalue weighted by Crippen LogP contribution is 2.25. The van der Waals surface area contributed by atoms with Gasteiger partial charge in [-0.3, -0.25) is 0 Å². The smallest absolute Gasteiger partial charge is 0.137 e. The van der Waals surface area contributed by atoms with Gasteiger partial charge in [0.05, 0.1) is 8.26 Å². The Kier molecular flexibility index (Phi) is 1.96. The summed E-state index contributed by atoms with van der Waals surface area (Å²) in [5.41, 5.74) is 1.35. The zero-order valence-corrected chi connectivity index (χ0v) is 11.1. The monoisotopic (exact) mass is 254 g/mol. The molecule has 0 aliphatic heterocycles. The normalized spacial score (nSPS) is 20.1. The summed E-state index contributed by atoms with van der Waals surface area (Å²) >= 11 is 0. The number of hydrogen-bond acceptors (Lipinski definition) is 3. The second kappa shape index (κ2) is 4.58. The fraction of sp³-hybridized carbons (Fsp3) is 0.500. The molecular weight excluding hydrogens is 230 g/mol. The number of rotatable bonds is 4. The van der Waals surface area contributed by atoms with Gasteiger partial charge in [0, 0.05) is 10.7 Å². The maximum absolute atomic E-state index is 7.74. The van der Waals surface area contributed by atoms with Crippen LogP contribution in [0.4, 0.5) is 0 Å². The van der Waals surface area contributed by atoms with Gasteiger partial charge < -0.3 is 4.74 Å². The van der Waals surface area contributed by atoms with E-state index in [9.17, 15) is 0 Å². The fourth-order valence-corrected chi connectivity index (χ4v) is 3.05. The van der Waals surface area contributed by atoms with Gasteiger partial charge in [0.1, 0.15) is 19.4 Å². The van der Waals surface area contributed by atoms with Crippen molar-refractivity contribution in [1.29, 1.82) is 0 Å². The van der Waals surface area contributed by atoms with Crippen LogP contribution in [0.2, 0.25) is 19.6 Å². The van der Waals surface area contributed by atoms with Crippen LogP contribution in [0.15, 0.2) is 24.3 Å². The van der Waals surface area contributed by atoms with Gasteiger partial charge in [-0.05, 0) is 19.0 Å². The van der Waals surface area contributed by atoms with E-state index < -0.39 is 27.3 Å². The lowest BCUT2D eigenvalue weighted by atomic mass is 10.3. The summed E-state index contributed by atoms with van der Waals surface area (Å²) in [4.78, 5) is 0. The van der Waals surface area contributed by atoms with Gasteiger partial charge in [-0.25, -0.2) is 4.68 Å². The van der Waals surface area contributed by atoms with E-state index in [1.165, 1.54) is 4.68 Å². The van der Waals surface area contributed by atoms with Gasteiger partial charge in [0.2, 0.25) is 0 Å². The Morgan fingerprint density at radius 1 is 1.47 bits per heavy atom. The lowest BCUT2D eigenvalue weighted by Gasteiger charge is -2.28. The maximum atomic E-state index is 7.74. The first-order valence-corrected chi connectivity index (χ1v) is 8.99. The van der Waals surface area contributed by atoms with E-state index in [2.05, 4.69) is 10.3 Å². The van der Waals surface area contributed by atoms with Gasteiger partial charge >= 0.3 is 0 Å². The predicted octanol–water partition coefficient (Wildman–Crippen LogP) is 2.84. The molecule has 17 heavy (non-hydrogen) atoms. The number of para-hydroxylation sites is 1. The van der Waals surface area contributed by atoms with Gasteiger partial charge in [-0.15, -0.1) is 5.10 Å². The van der Waals surface area contributed by atoms with Crippen molar-refractivity contribution in [3.8, 4) is 0 Å². The maximum Gasteiger partial charge on any atom is 0.137 e. The summed E-state index contributed by atoms with van der Waals surface area (Å²) in [6.45, 7) is 0.253. The molecule has 0 saturated carbocycles. The van der Waals surface area contributed by atoms with Gasteiger partial charge in [0.25, 0.3) is 0 Å². The number of benzene rings is 1. The number of nitrogens with zero attached hydrogens (tertiary/aromatic N) is 3. The Morgan fingerprint density at radius 2 is 2.24 bits per heavy atom. The van der Waals surface area contributed by atoms with Gasteiger partial charge in [-0.1, -0.05) is 37.0 Å². The third-order valence-electron chi connectivity index (χ3n) is 2.51. The quantitative estimate of drug-likeness (QED) is 0.788. The molecule has 2 rings (SSSR count). The van der Waals surface area contributed by atoms with E-state index in [0.29, 0.717) is 11.0 Å². The summed E-state index contributed by atoms with van der Waals surface area (Å²) in [5.74, 6) is -0.782. The van der Waals surface area contributed by atoms with Gasteiger partial charge in [-0.2, -0.15) is 0 Å².